The quantitative estimate of drug-likeness (QED) is 0.710. The number of nitrogens with one attached hydrogen (secondary N) is 2. The van der Waals surface area contributed by atoms with Gasteiger partial charge in [0.25, 0.3) is 0 Å². The number of benzene rings is 1. The van der Waals surface area contributed by atoms with Crippen LogP contribution in [0.5, 0.6) is 0 Å². The van der Waals surface area contributed by atoms with Crippen LogP contribution in [0.2, 0.25) is 0 Å². The van der Waals surface area contributed by atoms with Crippen molar-refractivity contribution in [3.63, 3.8) is 0 Å². The summed E-state index contributed by atoms with van der Waals surface area (Å²) in [6, 6.07) is 8.18. The highest BCUT2D eigenvalue weighted by Gasteiger charge is 2.32. The number of imide groups is 1. The first kappa shape index (κ1) is 19.4. The van der Waals surface area contributed by atoms with Crippen LogP contribution >= 0.6 is 11.8 Å². The van der Waals surface area contributed by atoms with Gasteiger partial charge in [0.15, 0.2) is 15.0 Å². The molecule has 1 atom stereocenters. The Kier molecular flexibility index (Phi) is 5.80. The van der Waals surface area contributed by atoms with E-state index in [9.17, 15) is 18.0 Å². The number of urea groups is 1. The van der Waals surface area contributed by atoms with Crippen LogP contribution in [0.4, 0.5) is 10.5 Å². The zero-order valence-electron chi connectivity index (χ0n) is 14.6. The van der Waals surface area contributed by atoms with Crippen LogP contribution in [0.1, 0.15) is 18.2 Å². The minimum atomic E-state index is -3.01. The molecular weight excluding hydrogens is 390 g/mol. The first-order valence-corrected chi connectivity index (χ1v) is 11.0. The molecule has 3 rings (SSSR count). The lowest BCUT2D eigenvalue weighted by Gasteiger charge is -2.08. The van der Waals surface area contributed by atoms with Gasteiger partial charge >= 0.3 is 6.03 Å². The van der Waals surface area contributed by atoms with E-state index in [1.165, 1.54) is 0 Å². The summed E-state index contributed by atoms with van der Waals surface area (Å²) in [5.41, 5.74) is 0.583. The largest absolute Gasteiger partial charge is 0.325 e. The summed E-state index contributed by atoms with van der Waals surface area (Å²) in [6.45, 7) is 0. The highest BCUT2D eigenvalue weighted by Crippen LogP contribution is 2.29. The third kappa shape index (κ3) is 5.07. The van der Waals surface area contributed by atoms with Crippen molar-refractivity contribution >= 4 is 39.2 Å². The van der Waals surface area contributed by atoms with E-state index in [0.29, 0.717) is 23.1 Å². The second-order valence-corrected chi connectivity index (χ2v) is 9.33. The standard InChI is InChI=1S/C16H19N5O4S2/c1-21-14(11-7-8-27(24,25)10-11)19-20-16(21)26-9-13(22)18-15(23)17-12-5-3-2-4-6-12/h2-6,11H,7-10H2,1H3,(H2,17,18,22,23). The summed E-state index contributed by atoms with van der Waals surface area (Å²) in [5.74, 6) is 0.168. The second kappa shape index (κ2) is 8.09. The zero-order valence-corrected chi connectivity index (χ0v) is 16.2. The molecule has 0 saturated carbocycles. The molecule has 11 heteroatoms. The number of amides is 3. The van der Waals surface area contributed by atoms with E-state index < -0.39 is 21.8 Å². The molecule has 1 aliphatic rings. The first-order chi connectivity index (χ1) is 12.8. The number of para-hydroxylation sites is 1. The molecule has 1 aromatic carbocycles. The van der Waals surface area contributed by atoms with Crippen molar-refractivity contribution in [3.05, 3.63) is 36.2 Å². The average molecular weight is 409 g/mol. The minimum absolute atomic E-state index is 0.0167. The monoisotopic (exact) mass is 409 g/mol. The maximum absolute atomic E-state index is 11.9. The number of carbonyl (C=O) groups is 2. The first-order valence-electron chi connectivity index (χ1n) is 8.22. The fraction of sp³-hybridized carbons (Fsp3) is 0.375. The fourth-order valence-corrected chi connectivity index (χ4v) is 5.24. The number of nitrogens with zero attached hydrogens (tertiary/aromatic N) is 3. The minimum Gasteiger partial charge on any atom is -0.309 e. The molecule has 2 aromatic rings. The molecule has 2 heterocycles. The van der Waals surface area contributed by atoms with Crippen molar-refractivity contribution < 1.29 is 18.0 Å². The molecule has 1 unspecified atom stereocenters. The van der Waals surface area contributed by atoms with Crippen LogP contribution in [-0.2, 0) is 21.7 Å². The Balaban J connectivity index is 1.51. The van der Waals surface area contributed by atoms with E-state index in [1.54, 1.807) is 35.9 Å². The normalized spacial score (nSPS) is 18.2. The van der Waals surface area contributed by atoms with Crippen LogP contribution in [0.25, 0.3) is 0 Å². The third-order valence-electron chi connectivity index (χ3n) is 4.08. The van der Waals surface area contributed by atoms with E-state index in [2.05, 4.69) is 20.8 Å². The molecule has 9 nitrogen and oxygen atoms in total. The molecule has 0 bridgehead atoms. The lowest BCUT2D eigenvalue weighted by Crippen LogP contribution is -2.35. The highest BCUT2D eigenvalue weighted by atomic mass is 32.2. The maximum Gasteiger partial charge on any atom is 0.325 e. The summed E-state index contributed by atoms with van der Waals surface area (Å²) in [4.78, 5) is 23.7. The Labute approximate surface area is 160 Å². The fourth-order valence-electron chi connectivity index (χ4n) is 2.78. The molecule has 3 amide bonds. The van der Waals surface area contributed by atoms with Crippen LogP contribution in [0, 0.1) is 0 Å². The topological polar surface area (TPSA) is 123 Å². The van der Waals surface area contributed by atoms with Gasteiger partial charge in [0, 0.05) is 18.7 Å². The molecule has 2 N–H and O–H groups in total. The van der Waals surface area contributed by atoms with Gasteiger partial charge in [-0.1, -0.05) is 30.0 Å². The van der Waals surface area contributed by atoms with E-state index in [1.807, 2.05) is 6.07 Å². The number of hydrogen-bond donors (Lipinski definition) is 2. The smallest absolute Gasteiger partial charge is 0.309 e. The molecule has 144 valence electrons. The van der Waals surface area contributed by atoms with Crippen LogP contribution in [0.15, 0.2) is 35.5 Å². The Morgan fingerprint density at radius 3 is 2.67 bits per heavy atom. The van der Waals surface area contributed by atoms with Gasteiger partial charge in [0.05, 0.1) is 17.3 Å². The molecule has 1 aliphatic heterocycles. The summed E-state index contributed by atoms with van der Waals surface area (Å²) in [7, 11) is -1.27. The molecule has 1 fully saturated rings. The molecular formula is C16H19N5O4S2. The number of aromatic nitrogens is 3. The molecule has 0 spiro atoms. The summed E-state index contributed by atoms with van der Waals surface area (Å²) < 4.78 is 25.0. The summed E-state index contributed by atoms with van der Waals surface area (Å²) in [6.07, 6.45) is 0.527. The van der Waals surface area contributed by atoms with E-state index in [0.717, 1.165) is 11.8 Å². The molecule has 0 radical (unpaired) electrons. The van der Waals surface area contributed by atoms with E-state index >= 15 is 0 Å². The number of thioether (sulfide) groups is 1. The number of rotatable bonds is 5. The van der Waals surface area contributed by atoms with Gasteiger partial charge in [0.1, 0.15) is 5.82 Å². The third-order valence-corrected chi connectivity index (χ3v) is 6.87. The van der Waals surface area contributed by atoms with Crippen LogP contribution in [-0.4, -0.2) is 52.4 Å². The van der Waals surface area contributed by atoms with E-state index in [4.69, 9.17) is 0 Å². The zero-order chi connectivity index (χ0) is 19.4. The number of sulfone groups is 1. The Hall–Kier alpha value is -2.40. The van der Waals surface area contributed by atoms with Crippen molar-refractivity contribution in [2.24, 2.45) is 7.05 Å². The molecule has 1 aromatic heterocycles. The van der Waals surface area contributed by atoms with Gasteiger partial charge in [-0.2, -0.15) is 0 Å². The van der Waals surface area contributed by atoms with Gasteiger partial charge < -0.3 is 9.88 Å². The highest BCUT2D eigenvalue weighted by molar-refractivity contribution is 7.99. The van der Waals surface area contributed by atoms with Crippen molar-refractivity contribution in [3.8, 4) is 0 Å². The number of anilines is 1. The van der Waals surface area contributed by atoms with E-state index in [-0.39, 0.29) is 23.2 Å². The second-order valence-electron chi connectivity index (χ2n) is 6.16. The predicted molar refractivity (Wildman–Crippen MR) is 101 cm³/mol. The van der Waals surface area contributed by atoms with Crippen molar-refractivity contribution in [2.45, 2.75) is 17.5 Å². The van der Waals surface area contributed by atoms with Gasteiger partial charge in [-0.25, -0.2) is 13.2 Å². The SMILES string of the molecule is Cn1c(SCC(=O)NC(=O)Nc2ccccc2)nnc1C1CCS(=O)(=O)C1. The van der Waals surface area contributed by atoms with Gasteiger partial charge in [-0.3, -0.25) is 10.1 Å². The maximum atomic E-state index is 11.9. The van der Waals surface area contributed by atoms with Gasteiger partial charge in [0.2, 0.25) is 5.91 Å². The molecule has 27 heavy (non-hydrogen) atoms. The molecule has 1 saturated heterocycles. The van der Waals surface area contributed by atoms with Crippen LogP contribution < -0.4 is 10.6 Å². The molecule has 0 aliphatic carbocycles. The Morgan fingerprint density at radius 1 is 1.26 bits per heavy atom. The summed E-state index contributed by atoms with van der Waals surface area (Å²) >= 11 is 1.13. The Morgan fingerprint density at radius 2 is 2.00 bits per heavy atom. The van der Waals surface area contributed by atoms with Crippen molar-refractivity contribution in [1.29, 1.82) is 0 Å². The van der Waals surface area contributed by atoms with Crippen LogP contribution in [0.3, 0.4) is 0 Å². The van der Waals surface area contributed by atoms with Gasteiger partial charge in [-0.15, -0.1) is 10.2 Å². The van der Waals surface area contributed by atoms with Gasteiger partial charge in [-0.05, 0) is 18.6 Å². The predicted octanol–water partition coefficient (Wildman–Crippen LogP) is 1.16. The summed E-state index contributed by atoms with van der Waals surface area (Å²) in [5, 5.41) is 13.4. The lowest BCUT2D eigenvalue weighted by atomic mass is 10.1. The number of hydrogen-bond acceptors (Lipinski definition) is 7. The Bertz CT molecular complexity index is 943. The average Bonchev–Trinajstić information content (AvgIpc) is 3.15. The van der Waals surface area contributed by atoms with Crippen molar-refractivity contribution in [1.82, 2.24) is 20.1 Å². The number of carbonyl (C=O) groups excluding carboxylic acids is 2. The lowest BCUT2D eigenvalue weighted by molar-refractivity contribution is -0.117. The van der Waals surface area contributed by atoms with Crippen molar-refractivity contribution in [2.75, 3.05) is 22.6 Å².